The Labute approximate surface area is 197 Å². The van der Waals surface area contributed by atoms with Crippen LogP contribution in [-0.2, 0) is 22.7 Å². The van der Waals surface area contributed by atoms with E-state index in [0.717, 1.165) is 0 Å². The molecule has 1 unspecified atom stereocenters. The van der Waals surface area contributed by atoms with E-state index in [4.69, 9.17) is 4.74 Å². The van der Waals surface area contributed by atoms with Crippen LogP contribution in [0.1, 0.15) is 34.5 Å². The minimum atomic E-state index is -4.81. The monoisotopic (exact) mass is 488 g/mol. The lowest BCUT2D eigenvalue weighted by molar-refractivity contribution is -0.274. The molecule has 1 aliphatic rings. The molecule has 182 valence electrons. The molecular weight excluding hydrogens is 469 g/mol. The molecule has 35 heavy (non-hydrogen) atoms. The van der Waals surface area contributed by atoms with Crippen LogP contribution < -0.4 is 9.47 Å². The maximum atomic E-state index is 12.8. The largest absolute Gasteiger partial charge is 0.573 e. The second kappa shape index (κ2) is 9.95. The number of carbonyl (C=O) groups is 3. The van der Waals surface area contributed by atoms with Gasteiger partial charge >= 0.3 is 6.36 Å². The number of nitrogens with zero attached hydrogens (tertiary/aromatic N) is 4. The Morgan fingerprint density at radius 2 is 1.94 bits per heavy atom. The highest BCUT2D eigenvalue weighted by Crippen LogP contribution is 2.33. The van der Waals surface area contributed by atoms with Crippen molar-refractivity contribution in [3.63, 3.8) is 0 Å². The van der Waals surface area contributed by atoms with Gasteiger partial charge in [-0.2, -0.15) is 0 Å². The zero-order valence-corrected chi connectivity index (χ0v) is 18.1. The molecule has 1 aromatic heterocycles. The molecule has 0 aliphatic carbocycles. The summed E-state index contributed by atoms with van der Waals surface area (Å²) >= 11 is 0. The molecule has 0 N–H and O–H groups in total. The van der Waals surface area contributed by atoms with Crippen molar-refractivity contribution < 1.29 is 37.0 Å². The van der Waals surface area contributed by atoms with Gasteiger partial charge in [0.05, 0.1) is 24.5 Å². The van der Waals surface area contributed by atoms with Gasteiger partial charge in [0.15, 0.2) is 0 Å². The fourth-order valence-corrected chi connectivity index (χ4v) is 3.73. The minimum absolute atomic E-state index is 0.0222. The summed E-state index contributed by atoms with van der Waals surface area (Å²) in [4.78, 5) is 36.3. The summed E-state index contributed by atoms with van der Waals surface area (Å²) in [5.41, 5.74) is 1.72. The van der Waals surface area contributed by atoms with E-state index in [0.29, 0.717) is 40.8 Å². The van der Waals surface area contributed by atoms with Crippen LogP contribution >= 0.6 is 0 Å². The number of aldehydes is 2. The molecule has 1 atom stereocenters. The summed E-state index contributed by atoms with van der Waals surface area (Å²) in [6, 6.07) is 9.53. The predicted octanol–water partition coefficient (Wildman–Crippen LogP) is 3.25. The van der Waals surface area contributed by atoms with Crippen molar-refractivity contribution in [1.82, 2.24) is 19.9 Å². The SMILES string of the molecule is O=CCCC(C=O)N1Cc2c(OCc3cn(-c4cccc(OC(F)(F)F)c4)nn3)cccc2C1=O. The molecule has 0 radical (unpaired) electrons. The number of hydrogen-bond acceptors (Lipinski definition) is 7. The zero-order valence-electron chi connectivity index (χ0n) is 18.1. The van der Waals surface area contributed by atoms with Crippen molar-refractivity contribution in [3.8, 4) is 17.2 Å². The summed E-state index contributed by atoms with van der Waals surface area (Å²) < 4.78 is 48.5. The smallest absolute Gasteiger partial charge is 0.487 e. The number of benzene rings is 2. The fraction of sp³-hybridized carbons (Fsp3) is 0.261. The van der Waals surface area contributed by atoms with E-state index in [2.05, 4.69) is 15.0 Å². The maximum Gasteiger partial charge on any atom is 0.573 e. The first-order valence-electron chi connectivity index (χ1n) is 10.5. The fourth-order valence-electron chi connectivity index (χ4n) is 3.73. The lowest BCUT2D eigenvalue weighted by Gasteiger charge is -2.22. The Bertz CT molecular complexity index is 1240. The van der Waals surface area contributed by atoms with Crippen molar-refractivity contribution >= 4 is 18.5 Å². The van der Waals surface area contributed by atoms with Crippen LogP contribution in [0.25, 0.3) is 5.69 Å². The van der Waals surface area contributed by atoms with Crippen LogP contribution in [0, 0.1) is 0 Å². The van der Waals surface area contributed by atoms with Gasteiger partial charge in [-0.15, -0.1) is 18.3 Å². The molecule has 0 spiro atoms. The molecule has 2 aromatic carbocycles. The number of fused-ring (bicyclic) bond motifs is 1. The molecule has 0 saturated heterocycles. The number of alkyl halides is 3. The van der Waals surface area contributed by atoms with Crippen molar-refractivity contribution in [3.05, 3.63) is 65.5 Å². The van der Waals surface area contributed by atoms with Crippen LogP contribution in [0.3, 0.4) is 0 Å². The number of rotatable bonds is 10. The summed E-state index contributed by atoms with van der Waals surface area (Å²) in [7, 11) is 0. The number of aromatic nitrogens is 3. The highest BCUT2D eigenvalue weighted by molar-refractivity contribution is 6.00. The van der Waals surface area contributed by atoms with Crippen LogP contribution in [0.2, 0.25) is 0 Å². The van der Waals surface area contributed by atoms with Gasteiger partial charge in [-0.1, -0.05) is 17.3 Å². The molecule has 3 aromatic rings. The molecule has 4 rings (SSSR count). The van der Waals surface area contributed by atoms with Crippen LogP contribution in [-0.4, -0.2) is 50.8 Å². The Balaban J connectivity index is 1.46. The lowest BCUT2D eigenvalue weighted by Crippen LogP contribution is -2.36. The number of hydrogen-bond donors (Lipinski definition) is 0. The standard InChI is InChI=1S/C23H19F3N4O5/c24-23(25,26)35-18-6-1-4-16(10-18)30-11-15(27-28-30)14-34-21-8-2-7-19-20(21)12-29(22(19)33)17(13-32)5-3-9-31/h1-2,4,6-11,13,17H,3,5,12,14H2. The number of amides is 1. The van der Waals surface area contributed by atoms with Gasteiger partial charge in [0.2, 0.25) is 0 Å². The molecular formula is C23H19F3N4O5. The molecule has 0 saturated carbocycles. The van der Waals surface area contributed by atoms with E-state index in [1.54, 1.807) is 24.3 Å². The Hall–Kier alpha value is -4.22. The third-order valence-corrected chi connectivity index (χ3v) is 5.32. The predicted molar refractivity (Wildman–Crippen MR) is 114 cm³/mol. The van der Waals surface area contributed by atoms with Crippen LogP contribution in [0.4, 0.5) is 13.2 Å². The van der Waals surface area contributed by atoms with Crippen LogP contribution in [0.15, 0.2) is 48.7 Å². The van der Waals surface area contributed by atoms with Gasteiger partial charge < -0.3 is 24.0 Å². The molecule has 1 aliphatic heterocycles. The summed E-state index contributed by atoms with van der Waals surface area (Å²) in [5, 5.41) is 7.89. The normalized spacial score (nSPS) is 13.9. The van der Waals surface area contributed by atoms with Crippen LogP contribution in [0.5, 0.6) is 11.5 Å². The minimum Gasteiger partial charge on any atom is -0.487 e. The van der Waals surface area contributed by atoms with E-state index in [9.17, 15) is 27.6 Å². The maximum absolute atomic E-state index is 12.8. The topological polar surface area (TPSA) is 104 Å². The zero-order chi connectivity index (χ0) is 25.0. The van der Waals surface area contributed by atoms with Gasteiger partial charge in [-0.25, -0.2) is 4.68 Å². The molecule has 1 amide bonds. The first-order chi connectivity index (χ1) is 16.8. The average molecular weight is 488 g/mol. The molecule has 0 bridgehead atoms. The highest BCUT2D eigenvalue weighted by atomic mass is 19.4. The second-order valence-electron chi connectivity index (χ2n) is 7.65. The molecule has 12 heteroatoms. The van der Waals surface area contributed by atoms with E-state index in [1.807, 2.05) is 0 Å². The quantitative estimate of drug-likeness (QED) is 0.404. The number of halogens is 3. The summed E-state index contributed by atoms with van der Waals surface area (Å²) in [6.07, 6.45) is -1.57. The molecule has 0 fully saturated rings. The van der Waals surface area contributed by atoms with E-state index in [-0.39, 0.29) is 37.6 Å². The summed E-state index contributed by atoms with van der Waals surface area (Å²) in [5.74, 6) is -0.284. The van der Waals surface area contributed by atoms with E-state index in [1.165, 1.54) is 34.0 Å². The third kappa shape index (κ3) is 5.48. The molecule has 2 heterocycles. The first kappa shape index (κ1) is 23.9. The van der Waals surface area contributed by atoms with E-state index >= 15 is 0 Å². The highest BCUT2D eigenvalue weighted by Gasteiger charge is 2.34. The Kier molecular flexibility index (Phi) is 6.80. The van der Waals surface area contributed by atoms with Gasteiger partial charge in [0.1, 0.15) is 36.4 Å². The molecule has 9 nitrogen and oxygen atoms in total. The van der Waals surface area contributed by atoms with Gasteiger partial charge in [-0.05, 0) is 30.7 Å². The number of ether oxygens (including phenoxy) is 2. The Morgan fingerprint density at radius 3 is 2.69 bits per heavy atom. The lowest BCUT2D eigenvalue weighted by atomic mass is 10.1. The second-order valence-corrected chi connectivity index (χ2v) is 7.65. The van der Waals surface area contributed by atoms with Crippen molar-refractivity contribution in [1.29, 1.82) is 0 Å². The Morgan fingerprint density at radius 1 is 1.14 bits per heavy atom. The van der Waals surface area contributed by atoms with Crippen molar-refractivity contribution in [2.45, 2.75) is 38.4 Å². The van der Waals surface area contributed by atoms with Crippen molar-refractivity contribution in [2.24, 2.45) is 0 Å². The van der Waals surface area contributed by atoms with Gasteiger partial charge in [0, 0.05) is 23.6 Å². The summed E-state index contributed by atoms with van der Waals surface area (Å²) in [6.45, 7) is 0.136. The van der Waals surface area contributed by atoms with E-state index < -0.39 is 12.4 Å². The number of carbonyl (C=O) groups excluding carboxylic acids is 3. The van der Waals surface area contributed by atoms with Gasteiger partial charge in [0.25, 0.3) is 5.91 Å². The average Bonchev–Trinajstić information content (AvgIpc) is 3.43. The van der Waals surface area contributed by atoms with Crippen molar-refractivity contribution in [2.75, 3.05) is 0 Å². The third-order valence-electron chi connectivity index (χ3n) is 5.32. The first-order valence-corrected chi connectivity index (χ1v) is 10.5. The van der Waals surface area contributed by atoms with Gasteiger partial charge in [-0.3, -0.25) is 4.79 Å².